The largest absolute Gasteiger partial charge is 0.439 e. The Balaban J connectivity index is 1.77. The van der Waals surface area contributed by atoms with Crippen LogP contribution in [0.3, 0.4) is 0 Å². The molecule has 1 heterocycles. The summed E-state index contributed by atoms with van der Waals surface area (Å²) in [4.78, 5) is 9.22. The average Bonchev–Trinajstić information content (AvgIpc) is 2.64. The number of hydrogen-bond acceptors (Lipinski definition) is 4. The van der Waals surface area contributed by atoms with E-state index in [9.17, 15) is 0 Å². The van der Waals surface area contributed by atoms with Gasteiger partial charge in [0.1, 0.15) is 5.75 Å². The second-order valence-corrected chi connectivity index (χ2v) is 7.40. The smallest absolute Gasteiger partial charge is 0.223 e. The van der Waals surface area contributed by atoms with Crippen molar-refractivity contribution in [2.45, 2.75) is 45.0 Å². The van der Waals surface area contributed by atoms with E-state index in [1.165, 1.54) is 22.3 Å². The predicted molar refractivity (Wildman–Crippen MR) is 108 cm³/mol. The molecule has 0 aliphatic rings. The van der Waals surface area contributed by atoms with Gasteiger partial charge in [-0.25, -0.2) is 4.98 Å². The normalized spacial score (nSPS) is 10.8. The first-order valence-corrected chi connectivity index (χ1v) is 9.83. The van der Waals surface area contributed by atoms with Crippen molar-refractivity contribution in [2.24, 2.45) is 0 Å². The van der Waals surface area contributed by atoms with Crippen LogP contribution in [0.5, 0.6) is 11.6 Å². The van der Waals surface area contributed by atoms with Crippen LogP contribution < -0.4 is 4.74 Å². The molecule has 4 heteroatoms. The Kier molecular flexibility index (Phi) is 5.94. The maximum absolute atomic E-state index is 6.00. The first-order valence-electron chi connectivity index (χ1n) is 8.85. The van der Waals surface area contributed by atoms with Crippen LogP contribution in [-0.4, -0.2) is 9.97 Å². The molecule has 3 aromatic rings. The van der Waals surface area contributed by atoms with Gasteiger partial charge >= 0.3 is 0 Å². The lowest BCUT2D eigenvalue weighted by atomic mass is 10.1. The van der Waals surface area contributed by atoms with E-state index >= 15 is 0 Å². The number of ether oxygens (including phenoxy) is 1. The van der Waals surface area contributed by atoms with Gasteiger partial charge in [0.05, 0.1) is 0 Å². The van der Waals surface area contributed by atoms with Crippen LogP contribution in [0.25, 0.3) is 0 Å². The van der Waals surface area contributed by atoms with E-state index in [0.29, 0.717) is 5.88 Å². The van der Waals surface area contributed by atoms with Gasteiger partial charge in [-0.2, -0.15) is 4.98 Å². The lowest BCUT2D eigenvalue weighted by Gasteiger charge is -2.10. The molecular weight excluding hydrogens is 340 g/mol. The third kappa shape index (κ3) is 4.85. The minimum Gasteiger partial charge on any atom is -0.439 e. The quantitative estimate of drug-likeness (QED) is 0.394. The summed E-state index contributed by atoms with van der Waals surface area (Å²) in [7, 11) is 0. The minimum absolute atomic E-state index is 0.603. The van der Waals surface area contributed by atoms with E-state index < -0.39 is 0 Å². The summed E-state index contributed by atoms with van der Waals surface area (Å²) >= 11 is 1.64. The molecule has 0 bridgehead atoms. The summed E-state index contributed by atoms with van der Waals surface area (Å²) in [6.45, 7) is 8.37. The van der Waals surface area contributed by atoms with Crippen LogP contribution in [0, 0.1) is 20.8 Å². The van der Waals surface area contributed by atoms with Crippen molar-refractivity contribution >= 4 is 11.8 Å². The Morgan fingerprint density at radius 1 is 0.885 bits per heavy atom. The molecule has 0 aliphatic heterocycles. The van der Waals surface area contributed by atoms with Gasteiger partial charge < -0.3 is 4.74 Å². The molecule has 2 aromatic carbocycles. The number of rotatable bonds is 6. The highest BCUT2D eigenvalue weighted by Gasteiger charge is 2.08. The van der Waals surface area contributed by atoms with Gasteiger partial charge in [0.2, 0.25) is 5.88 Å². The number of aromatic nitrogens is 2. The third-order valence-corrected chi connectivity index (χ3v) is 5.21. The van der Waals surface area contributed by atoms with Crippen molar-refractivity contribution in [2.75, 3.05) is 0 Å². The highest BCUT2D eigenvalue weighted by atomic mass is 32.2. The Bertz CT molecular complexity index is 891. The molecule has 0 aliphatic carbocycles. The zero-order valence-electron chi connectivity index (χ0n) is 15.7. The van der Waals surface area contributed by atoms with Crippen LogP contribution in [0.1, 0.15) is 34.9 Å². The molecule has 3 nitrogen and oxygen atoms in total. The Morgan fingerprint density at radius 3 is 2.35 bits per heavy atom. The maximum Gasteiger partial charge on any atom is 0.223 e. The van der Waals surface area contributed by atoms with Crippen molar-refractivity contribution in [3.8, 4) is 11.6 Å². The van der Waals surface area contributed by atoms with E-state index in [1.807, 2.05) is 18.2 Å². The monoisotopic (exact) mass is 364 g/mol. The van der Waals surface area contributed by atoms with Gasteiger partial charge in [-0.15, -0.1) is 0 Å². The van der Waals surface area contributed by atoms with E-state index in [1.54, 1.807) is 11.8 Å². The number of benzene rings is 2. The summed E-state index contributed by atoms with van der Waals surface area (Å²) in [6.07, 6.45) is 0.851. The molecule has 0 saturated heterocycles. The van der Waals surface area contributed by atoms with Gasteiger partial charge in [-0.05, 0) is 56.0 Å². The molecule has 0 spiro atoms. The second-order valence-electron chi connectivity index (χ2n) is 6.46. The van der Waals surface area contributed by atoms with E-state index in [0.717, 1.165) is 28.8 Å². The molecule has 3 rings (SSSR count). The summed E-state index contributed by atoms with van der Waals surface area (Å²) < 4.78 is 6.00. The highest BCUT2D eigenvalue weighted by molar-refractivity contribution is 7.98. The van der Waals surface area contributed by atoms with Gasteiger partial charge in [-0.3, -0.25) is 0 Å². The highest BCUT2D eigenvalue weighted by Crippen LogP contribution is 2.26. The summed E-state index contributed by atoms with van der Waals surface area (Å²) in [5.41, 5.74) is 5.99. The van der Waals surface area contributed by atoms with Crippen molar-refractivity contribution in [3.05, 3.63) is 76.5 Å². The molecule has 0 unspecified atom stereocenters. The summed E-state index contributed by atoms with van der Waals surface area (Å²) in [5, 5.41) is 0.753. The van der Waals surface area contributed by atoms with E-state index in [-0.39, 0.29) is 0 Å². The zero-order chi connectivity index (χ0) is 18.5. The fourth-order valence-corrected chi connectivity index (χ4v) is 3.30. The molecular formula is C22H24N2OS. The van der Waals surface area contributed by atoms with Crippen LogP contribution in [-0.2, 0) is 12.2 Å². The SMILES string of the molecule is CCc1cc(Oc2ccc(C)c(C)c2)nc(SCc2ccc(C)cc2)n1. The van der Waals surface area contributed by atoms with Crippen LogP contribution in [0.15, 0.2) is 53.7 Å². The summed E-state index contributed by atoms with van der Waals surface area (Å²) in [6, 6.07) is 16.6. The number of thioether (sulfide) groups is 1. The number of aryl methyl sites for hydroxylation is 4. The van der Waals surface area contributed by atoms with Crippen molar-refractivity contribution in [1.82, 2.24) is 9.97 Å². The molecule has 0 radical (unpaired) electrons. The molecule has 0 atom stereocenters. The van der Waals surface area contributed by atoms with E-state index in [2.05, 4.69) is 68.0 Å². The maximum atomic E-state index is 6.00. The van der Waals surface area contributed by atoms with Crippen LogP contribution >= 0.6 is 11.8 Å². The molecule has 0 fully saturated rings. The van der Waals surface area contributed by atoms with Gasteiger partial charge in [0.25, 0.3) is 0 Å². The standard InChI is InChI=1S/C22H24N2OS/c1-5-19-13-21(25-20-11-8-16(3)17(4)12-20)24-22(23-19)26-14-18-9-6-15(2)7-10-18/h6-13H,5,14H2,1-4H3. The van der Waals surface area contributed by atoms with E-state index in [4.69, 9.17) is 4.74 Å². The molecule has 0 saturated carbocycles. The lowest BCUT2D eigenvalue weighted by molar-refractivity contribution is 0.453. The molecule has 1 aromatic heterocycles. The van der Waals surface area contributed by atoms with Crippen LogP contribution in [0.2, 0.25) is 0 Å². The number of hydrogen-bond donors (Lipinski definition) is 0. The van der Waals surface area contributed by atoms with Crippen LogP contribution in [0.4, 0.5) is 0 Å². The Hall–Kier alpha value is -2.33. The molecule has 0 amide bonds. The van der Waals surface area contributed by atoms with Gasteiger partial charge in [0.15, 0.2) is 5.16 Å². The fourth-order valence-electron chi connectivity index (χ4n) is 2.48. The molecule has 0 N–H and O–H groups in total. The van der Waals surface area contributed by atoms with Gasteiger partial charge in [0, 0.05) is 17.5 Å². The lowest BCUT2D eigenvalue weighted by Crippen LogP contribution is -1.98. The van der Waals surface area contributed by atoms with Crippen molar-refractivity contribution in [1.29, 1.82) is 0 Å². The molecule has 26 heavy (non-hydrogen) atoms. The predicted octanol–water partition coefficient (Wildman–Crippen LogP) is 6.05. The Morgan fingerprint density at radius 2 is 1.65 bits per heavy atom. The first-order chi connectivity index (χ1) is 12.5. The fraction of sp³-hybridized carbons (Fsp3) is 0.273. The Labute approximate surface area is 159 Å². The van der Waals surface area contributed by atoms with Crippen molar-refractivity contribution in [3.63, 3.8) is 0 Å². The average molecular weight is 365 g/mol. The minimum atomic E-state index is 0.603. The number of nitrogens with zero attached hydrogens (tertiary/aromatic N) is 2. The van der Waals surface area contributed by atoms with Crippen molar-refractivity contribution < 1.29 is 4.74 Å². The molecule has 134 valence electrons. The van der Waals surface area contributed by atoms with Gasteiger partial charge in [-0.1, -0.05) is 54.6 Å². The summed E-state index contributed by atoms with van der Waals surface area (Å²) in [5.74, 6) is 2.26. The second kappa shape index (κ2) is 8.37. The zero-order valence-corrected chi connectivity index (χ0v) is 16.6. The topological polar surface area (TPSA) is 35.0 Å². The first kappa shape index (κ1) is 18.5. The third-order valence-electron chi connectivity index (χ3n) is 4.29.